The predicted molar refractivity (Wildman–Crippen MR) is 158 cm³/mol. The number of pyridine rings is 1. The van der Waals surface area contributed by atoms with Gasteiger partial charge in [-0.2, -0.15) is 5.10 Å². The molecule has 39 heavy (non-hydrogen) atoms. The average molecular weight is 553 g/mol. The Kier molecular flexibility index (Phi) is 10.9. The number of hydrogen-bond donors (Lipinski definition) is 4. The highest BCUT2D eigenvalue weighted by atomic mass is 32.2. The lowest BCUT2D eigenvalue weighted by molar-refractivity contribution is 0.0959. The molecule has 3 aromatic rings. The van der Waals surface area contributed by atoms with E-state index in [0.717, 1.165) is 28.2 Å². The number of nitrogens with zero attached hydrogens (tertiary/aromatic N) is 3. The van der Waals surface area contributed by atoms with Crippen molar-refractivity contribution in [3.63, 3.8) is 0 Å². The maximum Gasteiger partial charge on any atom is 0.219 e. The van der Waals surface area contributed by atoms with Gasteiger partial charge in [0.05, 0.1) is 36.8 Å². The number of aliphatic hydroxyl groups excluding tert-OH is 1. The number of fused-ring (bicyclic) bond motifs is 1. The normalized spacial score (nSPS) is 13.1. The summed E-state index contributed by atoms with van der Waals surface area (Å²) in [5, 5.41) is 15.8. The van der Waals surface area contributed by atoms with Gasteiger partial charge in [0.25, 0.3) is 0 Å². The van der Waals surface area contributed by atoms with Crippen molar-refractivity contribution in [3.05, 3.63) is 84.2 Å². The Bertz CT molecular complexity index is 1400. The molecule has 0 fully saturated rings. The van der Waals surface area contributed by atoms with Gasteiger partial charge >= 0.3 is 0 Å². The Morgan fingerprint density at radius 2 is 2.21 bits per heavy atom. The number of ketones is 1. The maximum atomic E-state index is 14.0. The quantitative estimate of drug-likeness (QED) is 0.0303. The van der Waals surface area contributed by atoms with E-state index >= 15 is 0 Å². The summed E-state index contributed by atoms with van der Waals surface area (Å²) in [6.07, 6.45) is 7.27. The number of rotatable bonds is 14. The summed E-state index contributed by atoms with van der Waals surface area (Å²) in [6, 6.07) is 9.21. The summed E-state index contributed by atoms with van der Waals surface area (Å²) in [5.74, 6) is -0.486. The number of aryl methyl sites for hydroxylation is 1. The molecule has 0 aliphatic rings. The van der Waals surface area contributed by atoms with Gasteiger partial charge in [0.15, 0.2) is 17.4 Å². The number of aromatic nitrogens is 2. The molecule has 2 heterocycles. The summed E-state index contributed by atoms with van der Waals surface area (Å²) in [5.41, 5.74) is 9.47. The predicted octanol–water partition coefficient (Wildman–Crippen LogP) is 5.47. The van der Waals surface area contributed by atoms with Gasteiger partial charge in [-0.3, -0.25) is 9.80 Å². The molecule has 0 saturated heterocycles. The molecule has 1 unspecified atom stereocenters. The standard InChI is InChI=1S/C28H33FN6O3S/c1-5-7-26(22(29)6-2)38-27-12-18(3)25(16-31-27)35(17-30)32-15-19(4)28(37)24-13-20-8-9-21(14-23(20)33-24)34-39-11-10-36/h5-9,12-16,19,33-34,36H,2,10-11,17,30H2,1,3-4H3/b7-5-,26-22-,32-15-. The van der Waals surface area contributed by atoms with Crippen LogP contribution in [0, 0.1) is 12.8 Å². The summed E-state index contributed by atoms with van der Waals surface area (Å²) in [4.78, 5) is 20.5. The minimum atomic E-state index is -0.604. The lowest BCUT2D eigenvalue weighted by Gasteiger charge is -2.19. The van der Waals surface area contributed by atoms with Crippen LogP contribution in [0.15, 0.2) is 78.0 Å². The van der Waals surface area contributed by atoms with Crippen molar-refractivity contribution >= 4 is 46.2 Å². The van der Waals surface area contributed by atoms with Crippen molar-refractivity contribution in [1.82, 2.24) is 9.97 Å². The third-order valence-corrected chi connectivity index (χ3v) is 6.34. The van der Waals surface area contributed by atoms with Gasteiger partial charge in [-0.05, 0) is 56.7 Å². The van der Waals surface area contributed by atoms with Gasteiger partial charge in [0.1, 0.15) is 0 Å². The number of allylic oxidation sites excluding steroid dienone is 4. The van der Waals surface area contributed by atoms with E-state index in [-0.39, 0.29) is 30.7 Å². The summed E-state index contributed by atoms with van der Waals surface area (Å²) in [7, 11) is 0. The molecular weight excluding hydrogens is 519 g/mol. The van der Waals surface area contributed by atoms with Gasteiger partial charge in [-0.15, -0.1) is 0 Å². The first-order valence-corrected chi connectivity index (χ1v) is 13.3. The number of anilines is 2. The monoisotopic (exact) mass is 552 g/mol. The molecule has 0 saturated carbocycles. The zero-order chi connectivity index (χ0) is 28.4. The van der Waals surface area contributed by atoms with Crippen molar-refractivity contribution < 1.29 is 19.0 Å². The van der Waals surface area contributed by atoms with Crippen LogP contribution < -0.4 is 20.2 Å². The van der Waals surface area contributed by atoms with Crippen LogP contribution in [0.25, 0.3) is 10.9 Å². The highest BCUT2D eigenvalue weighted by molar-refractivity contribution is 8.00. The molecule has 0 radical (unpaired) electrons. The van der Waals surface area contributed by atoms with Crippen molar-refractivity contribution in [3.8, 4) is 5.88 Å². The zero-order valence-corrected chi connectivity index (χ0v) is 23.0. The second kappa shape index (κ2) is 14.3. The molecule has 1 atom stereocenters. The number of halogens is 1. The number of hydrazone groups is 1. The molecule has 2 aromatic heterocycles. The molecule has 9 nitrogen and oxygen atoms in total. The second-order valence-corrected chi connectivity index (χ2v) is 9.39. The number of ether oxygens (including phenoxy) is 1. The third kappa shape index (κ3) is 7.79. The van der Waals surface area contributed by atoms with Crippen LogP contribution in [0.5, 0.6) is 5.88 Å². The maximum absolute atomic E-state index is 14.0. The fourth-order valence-electron chi connectivity index (χ4n) is 3.58. The number of carbonyl (C=O) groups excluding carboxylic acids is 1. The molecule has 0 aliphatic carbocycles. The summed E-state index contributed by atoms with van der Waals surface area (Å²) >= 11 is 1.40. The van der Waals surface area contributed by atoms with Gasteiger partial charge in [0.2, 0.25) is 5.88 Å². The molecule has 3 rings (SSSR count). The fourth-order valence-corrected chi connectivity index (χ4v) is 4.07. The molecule has 1 aromatic carbocycles. The SMILES string of the molecule is C=C/C(F)=C(\C=C/C)Oc1cc(C)c(N(CN)/N=C\C(C)C(=O)c2cc3ccc(NSCCO)cc3[nH]2)cn1. The molecule has 0 bridgehead atoms. The summed E-state index contributed by atoms with van der Waals surface area (Å²) in [6.45, 7) is 8.90. The number of carbonyl (C=O) groups is 1. The molecule has 0 spiro atoms. The number of Topliss-reactive ketones (excluding diaryl/α,β-unsaturated/α-hetero) is 1. The first-order chi connectivity index (χ1) is 18.8. The number of aliphatic hydroxyl groups is 1. The van der Waals surface area contributed by atoms with Crippen molar-refractivity contribution in [2.45, 2.75) is 20.8 Å². The minimum Gasteiger partial charge on any atom is -0.436 e. The molecule has 0 aliphatic heterocycles. The average Bonchev–Trinajstić information content (AvgIpc) is 3.36. The topological polar surface area (TPSA) is 129 Å². The lowest BCUT2D eigenvalue weighted by atomic mass is 10.1. The van der Waals surface area contributed by atoms with Gasteiger partial charge < -0.3 is 25.3 Å². The first-order valence-electron chi connectivity index (χ1n) is 12.3. The van der Waals surface area contributed by atoms with Crippen LogP contribution in [0.1, 0.15) is 29.9 Å². The van der Waals surface area contributed by atoms with E-state index in [0.29, 0.717) is 17.1 Å². The largest absolute Gasteiger partial charge is 0.436 e. The van der Waals surface area contributed by atoms with Gasteiger partial charge in [-0.25, -0.2) is 9.37 Å². The Balaban J connectivity index is 1.72. The first kappa shape index (κ1) is 29.6. The Labute approximate surface area is 231 Å². The smallest absolute Gasteiger partial charge is 0.219 e. The van der Waals surface area contributed by atoms with Gasteiger partial charge in [-0.1, -0.05) is 30.7 Å². The third-order valence-electron chi connectivity index (χ3n) is 5.57. The van der Waals surface area contributed by atoms with Crippen LogP contribution in [-0.4, -0.2) is 46.1 Å². The highest BCUT2D eigenvalue weighted by Crippen LogP contribution is 2.25. The van der Waals surface area contributed by atoms with Crippen LogP contribution in [0.3, 0.4) is 0 Å². The van der Waals surface area contributed by atoms with E-state index in [1.54, 1.807) is 26.0 Å². The Morgan fingerprint density at radius 3 is 2.87 bits per heavy atom. The Hall–Kier alpha value is -3.93. The molecule has 0 amide bonds. The van der Waals surface area contributed by atoms with Crippen molar-refractivity contribution in [1.29, 1.82) is 0 Å². The van der Waals surface area contributed by atoms with E-state index < -0.39 is 11.7 Å². The van der Waals surface area contributed by atoms with E-state index in [1.807, 2.05) is 31.2 Å². The van der Waals surface area contributed by atoms with Crippen LogP contribution in [-0.2, 0) is 0 Å². The summed E-state index contributed by atoms with van der Waals surface area (Å²) < 4.78 is 22.7. The number of aromatic amines is 1. The number of benzene rings is 1. The number of nitrogens with one attached hydrogen (secondary N) is 2. The second-order valence-electron chi connectivity index (χ2n) is 8.49. The molecular formula is C28H33FN6O3S. The van der Waals surface area contributed by atoms with Crippen molar-refractivity contribution in [2.75, 3.05) is 28.8 Å². The zero-order valence-electron chi connectivity index (χ0n) is 22.1. The van der Waals surface area contributed by atoms with Gasteiger partial charge in [0, 0.05) is 34.6 Å². The molecule has 11 heteroatoms. The lowest BCUT2D eigenvalue weighted by Crippen LogP contribution is -2.26. The van der Waals surface area contributed by atoms with E-state index in [2.05, 4.69) is 26.4 Å². The van der Waals surface area contributed by atoms with E-state index in [9.17, 15) is 9.18 Å². The number of nitrogens with two attached hydrogens (primary N) is 1. The number of hydrogen-bond acceptors (Lipinski definition) is 9. The molecule has 5 N–H and O–H groups in total. The van der Waals surface area contributed by atoms with Crippen LogP contribution >= 0.6 is 11.9 Å². The number of H-pyrrole nitrogens is 1. The minimum absolute atomic E-state index is 0.00163. The van der Waals surface area contributed by atoms with Crippen LogP contribution in [0.2, 0.25) is 0 Å². The van der Waals surface area contributed by atoms with E-state index in [4.69, 9.17) is 15.6 Å². The molecule has 206 valence electrons. The van der Waals surface area contributed by atoms with Crippen molar-refractivity contribution in [2.24, 2.45) is 16.8 Å². The van der Waals surface area contributed by atoms with E-state index in [1.165, 1.54) is 35.4 Å². The highest BCUT2D eigenvalue weighted by Gasteiger charge is 2.17. The van der Waals surface area contributed by atoms with Crippen LogP contribution in [0.4, 0.5) is 15.8 Å². The Morgan fingerprint density at radius 1 is 1.41 bits per heavy atom. The fraction of sp³-hybridized carbons (Fsp3) is 0.250.